The number of nitrogens with one attached hydrogen (secondary N) is 1. The first-order valence-electron chi connectivity index (χ1n) is 4.99. The summed E-state index contributed by atoms with van der Waals surface area (Å²) in [7, 11) is 0. The Morgan fingerprint density at radius 1 is 1.07 bits per heavy atom. The van der Waals surface area contributed by atoms with E-state index in [2.05, 4.69) is 28.3 Å². The fraction of sp³-hybridized carbons (Fsp3) is 0.167. The normalized spacial score (nSPS) is 9.93. The summed E-state index contributed by atoms with van der Waals surface area (Å²) in [4.78, 5) is 8.14. The number of rotatable bonds is 3. The Labute approximate surface area is 89.2 Å². The molecule has 3 heteroatoms. The van der Waals surface area contributed by atoms with E-state index in [1.165, 1.54) is 5.56 Å². The topological polar surface area (TPSA) is 37.8 Å². The summed E-state index contributed by atoms with van der Waals surface area (Å²) in [6.45, 7) is 2.12. The maximum atomic E-state index is 4.17. The number of hydrogen-bond acceptors (Lipinski definition) is 3. The number of anilines is 2. The van der Waals surface area contributed by atoms with Crippen molar-refractivity contribution in [2.24, 2.45) is 0 Å². The van der Waals surface area contributed by atoms with Gasteiger partial charge in [-0.05, 0) is 30.2 Å². The van der Waals surface area contributed by atoms with Crippen molar-refractivity contribution >= 4 is 11.4 Å². The number of aromatic nitrogens is 2. The molecule has 0 amide bonds. The summed E-state index contributed by atoms with van der Waals surface area (Å²) in [5.41, 5.74) is 3.27. The van der Waals surface area contributed by atoms with Crippen LogP contribution < -0.4 is 5.32 Å². The molecular weight excluding hydrogens is 186 g/mol. The average Bonchev–Trinajstić information content (AvgIpc) is 2.31. The minimum atomic E-state index is 0.999. The van der Waals surface area contributed by atoms with Crippen LogP contribution in [0.1, 0.15) is 12.5 Å². The van der Waals surface area contributed by atoms with Gasteiger partial charge in [-0.2, -0.15) is 0 Å². The number of pyridine rings is 2. The van der Waals surface area contributed by atoms with Gasteiger partial charge in [0.1, 0.15) is 0 Å². The maximum Gasteiger partial charge on any atom is 0.0573 e. The molecule has 2 aromatic rings. The van der Waals surface area contributed by atoms with E-state index in [0.29, 0.717) is 0 Å². The van der Waals surface area contributed by atoms with Gasteiger partial charge in [0.05, 0.1) is 11.9 Å². The highest BCUT2D eigenvalue weighted by Gasteiger charge is 1.95. The summed E-state index contributed by atoms with van der Waals surface area (Å²) in [5.74, 6) is 0. The van der Waals surface area contributed by atoms with Crippen molar-refractivity contribution in [2.75, 3.05) is 5.32 Å². The van der Waals surface area contributed by atoms with Gasteiger partial charge in [0.25, 0.3) is 0 Å². The zero-order valence-corrected chi connectivity index (χ0v) is 8.64. The predicted molar refractivity (Wildman–Crippen MR) is 61.1 cm³/mol. The van der Waals surface area contributed by atoms with E-state index in [-0.39, 0.29) is 0 Å². The van der Waals surface area contributed by atoms with Crippen molar-refractivity contribution in [1.29, 1.82) is 0 Å². The maximum absolute atomic E-state index is 4.17. The molecule has 0 bridgehead atoms. The van der Waals surface area contributed by atoms with Crippen molar-refractivity contribution in [3.63, 3.8) is 0 Å². The van der Waals surface area contributed by atoms with Gasteiger partial charge in [-0.15, -0.1) is 0 Å². The Morgan fingerprint density at radius 3 is 2.60 bits per heavy atom. The van der Waals surface area contributed by atoms with Crippen molar-refractivity contribution in [1.82, 2.24) is 9.97 Å². The average molecular weight is 199 g/mol. The second kappa shape index (κ2) is 4.55. The van der Waals surface area contributed by atoms with Gasteiger partial charge in [0.15, 0.2) is 0 Å². The van der Waals surface area contributed by atoms with E-state index in [1.807, 2.05) is 24.5 Å². The van der Waals surface area contributed by atoms with Crippen LogP contribution >= 0.6 is 0 Å². The van der Waals surface area contributed by atoms with Crippen molar-refractivity contribution < 1.29 is 0 Å². The first-order chi connectivity index (χ1) is 7.38. The molecule has 0 aliphatic carbocycles. The number of nitrogens with zero attached hydrogens (tertiary/aromatic N) is 2. The van der Waals surface area contributed by atoms with Crippen LogP contribution in [-0.2, 0) is 6.42 Å². The molecule has 3 nitrogen and oxygen atoms in total. The summed E-state index contributed by atoms with van der Waals surface area (Å²) >= 11 is 0. The highest BCUT2D eigenvalue weighted by atomic mass is 14.9. The van der Waals surface area contributed by atoms with Crippen LogP contribution in [0.15, 0.2) is 43.0 Å². The quantitative estimate of drug-likeness (QED) is 0.826. The Kier molecular flexibility index (Phi) is 2.93. The first-order valence-corrected chi connectivity index (χ1v) is 4.99. The van der Waals surface area contributed by atoms with E-state index in [9.17, 15) is 0 Å². The second-order valence-electron chi connectivity index (χ2n) is 3.30. The van der Waals surface area contributed by atoms with Crippen LogP contribution in [0.4, 0.5) is 11.4 Å². The third-order valence-electron chi connectivity index (χ3n) is 2.17. The number of hydrogen-bond donors (Lipinski definition) is 1. The van der Waals surface area contributed by atoms with Crippen molar-refractivity contribution in [3.8, 4) is 0 Å². The van der Waals surface area contributed by atoms with Crippen molar-refractivity contribution in [2.45, 2.75) is 13.3 Å². The molecular formula is C12H13N3. The van der Waals surface area contributed by atoms with Crippen LogP contribution in [0.5, 0.6) is 0 Å². The van der Waals surface area contributed by atoms with Crippen LogP contribution in [0, 0.1) is 0 Å². The summed E-state index contributed by atoms with van der Waals surface area (Å²) in [6, 6.07) is 5.96. The van der Waals surface area contributed by atoms with Crippen molar-refractivity contribution in [3.05, 3.63) is 48.5 Å². The molecule has 0 aliphatic heterocycles. The lowest BCUT2D eigenvalue weighted by Gasteiger charge is -2.06. The standard InChI is InChI=1S/C12H13N3/c1-2-10-7-12(9-14-8-10)15-11-3-5-13-6-4-11/h3-9H,2H2,1H3,(H,13,15). The SMILES string of the molecule is CCc1cncc(Nc2ccncc2)c1. The molecule has 0 fully saturated rings. The molecule has 0 spiro atoms. The van der Waals surface area contributed by atoms with Gasteiger partial charge in [-0.25, -0.2) is 0 Å². The smallest absolute Gasteiger partial charge is 0.0573 e. The third kappa shape index (κ3) is 2.53. The molecule has 0 saturated heterocycles. The lowest BCUT2D eigenvalue weighted by molar-refractivity contribution is 1.10. The molecule has 0 unspecified atom stereocenters. The molecule has 2 heterocycles. The van der Waals surface area contributed by atoms with Crippen LogP contribution in [0.2, 0.25) is 0 Å². The van der Waals surface area contributed by atoms with Gasteiger partial charge >= 0.3 is 0 Å². The van der Waals surface area contributed by atoms with Gasteiger partial charge < -0.3 is 5.32 Å². The summed E-state index contributed by atoms with van der Waals surface area (Å²) < 4.78 is 0. The highest BCUT2D eigenvalue weighted by Crippen LogP contribution is 2.15. The molecule has 0 radical (unpaired) electrons. The fourth-order valence-electron chi connectivity index (χ4n) is 1.35. The first kappa shape index (κ1) is 9.65. The van der Waals surface area contributed by atoms with Gasteiger partial charge in [0, 0.05) is 24.3 Å². The molecule has 15 heavy (non-hydrogen) atoms. The molecule has 2 rings (SSSR count). The van der Waals surface area contributed by atoms with Crippen LogP contribution in [0.3, 0.4) is 0 Å². The molecule has 0 aliphatic rings. The Morgan fingerprint density at radius 2 is 1.87 bits per heavy atom. The Balaban J connectivity index is 2.17. The summed E-state index contributed by atoms with van der Waals surface area (Å²) in [6.07, 6.45) is 8.23. The van der Waals surface area contributed by atoms with E-state index < -0.39 is 0 Å². The molecule has 76 valence electrons. The van der Waals surface area contributed by atoms with Crippen LogP contribution in [-0.4, -0.2) is 9.97 Å². The monoisotopic (exact) mass is 199 g/mol. The summed E-state index contributed by atoms with van der Waals surface area (Å²) in [5, 5.41) is 3.28. The molecule has 1 N–H and O–H groups in total. The van der Waals surface area contributed by atoms with Gasteiger partial charge in [-0.1, -0.05) is 6.92 Å². The lowest BCUT2D eigenvalue weighted by atomic mass is 10.2. The van der Waals surface area contributed by atoms with E-state index in [1.54, 1.807) is 12.4 Å². The Bertz CT molecular complexity index is 426. The molecule has 0 atom stereocenters. The Hall–Kier alpha value is -1.90. The zero-order valence-electron chi connectivity index (χ0n) is 8.64. The van der Waals surface area contributed by atoms with E-state index >= 15 is 0 Å². The second-order valence-corrected chi connectivity index (χ2v) is 3.30. The minimum absolute atomic E-state index is 0.999. The van der Waals surface area contributed by atoms with Crippen LogP contribution in [0.25, 0.3) is 0 Å². The van der Waals surface area contributed by atoms with Gasteiger partial charge in [0.2, 0.25) is 0 Å². The van der Waals surface area contributed by atoms with E-state index in [4.69, 9.17) is 0 Å². The molecule has 2 aromatic heterocycles. The van der Waals surface area contributed by atoms with E-state index in [0.717, 1.165) is 17.8 Å². The minimum Gasteiger partial charge on any atom is -0.354 e. The zero-order chi connectivity index (χ0) is 10.5. The predicted octanol–water partition coefficient (Wildman–Crippen LogP) is 2.78. The lowest BCUT2D eigenvalue weighted by Crippen LogP contribution is -1.92. The molecule has 0 saturated carbocycles. The highest BCUT2D eigenvalue weighted by molar-refractivity contribution is 5.58. The fourth-order valence-corrected chi connectivity index (χ4v) is 1.35. The van der Waals surface area contributed by atoms with Gasteiger partial charge in [-0.3, -0.25) is 9.97 Å². The largest absolute Gasteiger partial charge is 0.354 e. The molecule has 0 aromatic carbocycles. The third-order valence-corrected chi connectivity index (χ3v) is 2.17. The number of aryl methyl sites for hydroxylation is 1.